The maximum atomic E-state index is 4.69. The Labute approximate surface area is 340 Å². The number of hydrogen-bond donors (Lipinski definition) is 0. The number of thiophene rings is 2. The Morgan fingerprint density at radius 1 is 0.362 bits per heavy atom. The van der Waals surface area contributed by atoms with E-state index in [9.17, 15) is 0 Å². The van der Waals surface area contributed by atoms with Crippen molar-refractivity contribution >= 4 is 107 Å². The molecule has 3 nitrogen and oxygen atoms in total. The second-order valence-corrected chi connectivity index (χ2v) is 17.2. The highest BCUT2D eigenvalue weighted by Crippen LogP contribution is 2.45. The number of para-hydroxylation sites is 2. The van der Waals surface area contributed by atoms with Gasteiger partial charge in [0, 0.05) is 91.2 Å². The lowest BCUT2D eigenvalue weighted by Gasteiger charge is -2.14. The smallest absolute Gasteiger partial charge is 0.0555 e. The van der Waals surface area contributed by atoms with Gasteiger partial charge in [0.2, 0.25) is 0 Å². The molecule has 0 radical (unpaired) electrons. The summed E-state index contributed by atoms with van der Waals surface area (Å²) in [6.07, 6.45) is 3.93. The van der Waals surface area contributed by atoms with Crippen LogP contribution in [0.15, 0.2) is 188 Å². The van der Waals surface area contributed by atoms with E-state index in [1.165, 1.54) is 84.0 Å². The van der Waals surface area contributed by atoms with Gasteiger partial charge in [-0.1, -0.05) is 109 Å². The van der Waals surface area contributed by atoms with Crippen molar-refractivity contribution in [1.29, 1.82) is 0 Å². The summed E-state index contributed by atoms with van der Waals surface area (Å²) < 4.78 is 10.2. The number of fused-ring (bicyclic) bond motifs is 14. The number of nitrogens with zero attached hydrogens (tertiary/aromatic N) is 3. The van der Waals surface area contributed by atoms with E-state index in [1.54, 1.807) is 0 Å². The standard InChI is InChI=1S/C53H31N3S2/c1-5-19-44-41(17-1)50-46(25-23-39-37-15-3-7-21-48(37)57-52(39)50)55(44)34-13-9-11-32(29-34)36-27-28-54-31-43(36)33-12-10-14-35(30-33)56-45-20-6-2-18-42(45)51-47(56)26-24-40-38-16-4-8-22-49(38)58-53(40)51/h1-31H. The molecule has 8 aromatic carbocycles. The van der Waals surface area contributed by atoms with E-state index in [-0.39, 0.29) is 0 Å². The van der Waals surface area contributed by atoms with Crippen LogP contribution in [0.3, 0.4) is 0 Å². The van der Waals surface area contributed by atoms with Crippen molar-refractivity contribution < 1.29 is 0 Å². The lowest BCUT2D eigenvalue weighted by molar-refractivity contribution is 1.18. The van der Waals surface area contributed by atoms with E-state index >= 15 is 0 Å². The maximum Gasteiger partial charge on any atom is 0.0555 e. The highest BCUT2D eigenvalue weighted by atomic mass is 32.1. The third kappa shape index (κ3) is 4.51. The zero-order valence-corrected chi connectivity index (χ0v) is 32.7. The van der Waals surface area contributed by atoms with Crippen molar-refractivity contribution in [1.82, 2.24) is 14.1 Å². The summed E-state index contributed by atoms with van der Waals surface area (Å²) in [5.41, 5.74) is 11.7. The number of hydrogen-bond acceptors (Lipinski definition) is 3. The molecule has 0 amide bonds. The number of pyridine rings is 1. The molecular formula is C53H31N3S2. The Morgan fingerprint density at radius 3 is 1.40 bits per heavy atom. The molecule has 13 aromatic rings. The molecule has 5 heteroatoms. The first-order valence-corrected chi connectivity index (χ1v) is 21.2. The van der Waals surface area contributed by atoms with Crippen molar-refractivity contribution in [3.05, 3.63) is 188 Å². The van der Waals surface area contributed by atoms with Crippen molar-refractivity contribution in [3.8, 4) is 33.6 Å². The van der Waals surface area contributed by atoms with Gasteiger partial charge >= 0.3 is 0 Å². The quantitative estimate of drug-likeness (QED) is 0.175. The van der Waals surface area contributed by atoms with Crippen LogP contribution >= 0.6 is 22.7 Å². The molecule has 5 heterocycles. The number of aromatic nitrogens is 3. The van der Waals surface area contributed by atoms with Crippen LogP contribution in [0, 0.1) is 0 Å². The second kappa shape index (κ2) is 12.2. The SMILES string of the molecule is c1cc(-c2ccncc2-c2cccc(-n3c4ccccc4c4c5sc6ccccc6c5ccc43)c2)cc(-n2c3ccccc3c3c4sc5ccccc5c4ccc32)c1. The molecule has 0 bridgehead atoms. The predicted octanol–water partition coefficient (Wildman–Crippen LogP) is 15.3. The third-order valence-electron chi connectivity index (χ3n) is 12.0. The van der Waals surface area contributed by atoms with Gasteiger partial charge < -0.3 is 9.13 Å². The van der Waals surface area contributed by atoms with Gasteiger partial charge in [-0.3, -0.25) is 4.98 Å². The number of benzene rings is 8. The molecule has 270 valence electrons. The van der Waals surface area contributed by atoms with E-state index < -0.39 is 0 Å². The van der Waals surface area contributed by atoms with E-state index in [2.05, 4.69) is 190 Å². The van der Waals surface area contributed by atoms with Gasteiger partial charge in [0.05, 0.1) is 22.1 Å². The first-order chi connectivity index (χ1) is 28.8. The summed E-state index contributed by atoms with van der Waals surface area (Å²) >= 11 is 3.79. The normalized spacial score (nSPS) is 12.1. The second-order valence-electron chi connectivity index (χ2n) is 15.1. The fourth-order valence-electron chi connectivity index (χ4n) is 9.53. The minimum absolute atomic E-state index is 1.10. The lowest BCUT2D eigenvalue weighted by atomic mass is 9.96. The van der Waals surface area contributed by atoms with Gasteiger partial charge in [0.15, 0.2) is 0 Å². The molecule has 0 N–H and O–H groups in total. The first-order valence-electron chi connectivity index (χ1n) is 19.6. The Morgan fingerprint density at radius 2 is 0.845 bits per heavy atom. The zero-order chi connectivity index (χ0) is 37.9. The average Bonchev–Trinajstić information content (AvgIpc) is 4.04. The summed E-state index contributed by atoms with van der Waals surface area (Å²) in [6, 6.07) is 64.6. The number of rotatable bonds is 4. The van der Waals surface area contributed by atoms with Crippen LogP contribution in [0.1, 0.15) is 0 Å². The van der Waals surface area contributed by atoms with Crippen LogP contribution < -0.4 is 0 Å². The van der Waals surface area contributed by atoms with Crippen LogP contribution in [0.2, 0.25) is 0 Å². The van der Waals surface area contributed by atoms with Gasteiger partial charge in [0.25, 0.3) is 0 Å². The molecule has 0 atom stereocenters. The molecule has 58 heavy (non-hydrogen) atoms. The van der Waals surface area contributed by atoms with Crippen molar-refractivity contribution in [2.45, 2.75) is 0 Å². The molecule has 0 spiro atoms. The Kier molecular flexibility index (Phi) is 6.76. The van der Waals surface area contributed by atoms with E-state index in [0.29, 0.717) is 0 Å². The fourth-order valence-corrected chi connectivity index (χ4v) is 12.0. The van der Waals surface area contributed by atoms with Crippen LogP contribution in [-0.2, 0) is 0 Å². The monoisotopic (exact) mass is 773 g/mol. The molecule has 0 fully saturated rings. The van der Waals surface area contributed by atoms with Crippen LogP contribution in [0.5, 0.6) is 0 Å². The van der Waals surface area contributed by atoms with Crippen molar-refractivity contribution in [2.24, 2.45) is 0 Å². The molecule has 5 aromatic heterocycles. The Hall–Kier alpha value is -7.05. The Balaban J connectivity index is 0.975. The summed E-state index contributed by atoms with van der Waals surface area (Å²) in [7, 11) is 0. The average molecular weight is 774 g/mol. The fraction of sp³-hybridized carbons (Fsp3) is 0. The van der Waals surface area contributed by atoms with Crippen LogP contribution in [0.25, 0.3) is 118 Å². The molecule has 0 aliphatic carbocycles. The highest BCUT2D eigenvalue weighted by molar-refractivity contribution is 7.27. The molecule has 0 unspecified atom stereocenters. The van der Waals surface area contributed by atoms with E-state index in [4.69, 9.17) is 0 Å². The van der Waals surface area contributed by atoms with Crippen LogP contribution in [-0.4, -0.2) is 14.1 Å². The van der Waals surface area contributed by atoms with Gasteiger partial charge in [0.1, 0.15) is 0 Å². The third-order valence-corrected chi connectivity index (χ3v) is 14.4. The predicted molar refractivity (Wildman–Crippen MR) is 250 cm³/mol. The summed E-state index contributed by atoms with van der Waals surface area (Å²) in [5.74, 6) is 0. The van der Waals surface area contributed by atoms with Gasteiger partial charge in [-0.25, -0.2) is 0 Å². The summed E-state index contributed by atoms with van der Waals surface area (Å²) in [6.45, 7) is 0. The van der Waals surface area contributed by atoms with E-state index in [1.807, 2.05) is 35.1 Å². The topological polar surface area (TPSA) is 22.8 Å². The molecule has 0 aliphatic heterocycles. The molecule has 13 rings (SSSR count). The maximum absolute atomic E-state index is 4.69. The van der Waals surface area contributed by atoms with E-state index in [0.717, 1.165) is 33.6 Å². The minimum Gasteiger partial charge on any atom is -0.309 e. The molecule has 0 saturated carbocycles. The zero-order valence-electron chi connectivity index (χ0n) is 31.1. The molecular weight excluding hydrogens is 743 g/mol. The highest BCUT2D eigenvalue weighted by Gasteiger charge is 2.20. The summed E-state index contributed by atoms with van der Waals surface area (Å²) in [5, 5.41) is 10.5. The van der Waals surface area contributed by atoms with Gasteiger partial charge in [-0.15, -0.1) is 22.7 Å². The van der Waals surface area contributed by atoms with Gasteiger partial charge in [-0.2, -0.15) is 0 Å². The van der Waals surface area contributed by atoms with Gasteiger partial charge in [-0.05, 0) is 83.4 Å². The Bertz CT molecular complexity index is 3570. The molecule has 0 saturated heterocycles. The van der Waals surface area contributed by atoms with Crippen LogP contribution in [0.4, 0.5) is 0 Å². The van der Waals surface area contributed by atoms with Crippen molar-refractivity contribution in [3.63, 3.8) is 0 Å². The minimum atomic E-state index is 1.10. The summed E-state index contributed by atoms with van der Waals surface area (Å²) in [4.78, 5) is 4.69. The largest absolute Gasteiger partial charge is 0.309 e. The molecule has 0 aliphatic rings. The first kappa shape index (κ1) is 32.1. The lowest BCUT2D eigenvalue weighted by Crippen LogP contribution is -1.96. The van der Waals surface area contributed by atoms with Crippen molar-refractivity contribution in [2.75, 3.05) is 0 Å².